The third-order valence-corrected chi connectivity index (χ3v) is 3.63. The normalized spacial score (nSPS) is 22.6. The van der Waals surface area contributed by atoms with Gasteiger partial charge >= 0.3 is 6.18 Å². The number of hydrogen-bond acceptors (Lipinski definition) is 2. The molecule has 0 heterocycles. The maximum absolute atomic E-state index is 11.8. The Labute approximate surface area is 117 Å². The smallest absolute Gasteiger partial charge is 0.371 e. The Morgan fingerprint density at radius 3 is 2.45 bits per heavy atom. The zero-order chi connectivity index (χ0) is 14.6. The summed E-state index contributed by atoms with van der Waals surface area (Å²) >= 11 is 0. The molecule has 20 heavy (non-hydrogen) atoms. The van der Waals surface area contributed by atoms with Gasteiger partial charge in [-0.2, -0.15) is 13.2 Å². The molecule has 1 aliphatic rings. The van der Waals surface area contributed by atoms with Crippen molar-refractivity contribution in [1.82, 2.24) is 5.32 Å². The number of rotatable bonds is 6. The second kappa shape index (κ2) is 6.59. The molecule has 5 heteroatoms. The number of hydrogen-bond donors (Lipinski definition) is 1. The Morgan fingerprint density at radius 2 is 1.85 bits per heavy atom. The van der Waals surface area contributed by atoms with Crippen molar-refractivity contribution in [1.29, 1.82) is 0 Å². The molecular formula is C15H20F3NO. The van der Waals surface area contributed by atoms with Crippen molar-refractivity contribution in [2.24, 2.45) is 0 Å². The highest BCUT2D eigenvalue weighted by atomic mass is 19.4. The highest BCUT2D eigenvalue weighted by Gasteiger charge is 2.30. The number of halogens is 3. The van der Waals surface area contributed by atoms with Crippen molar-refractivity contribution in [2.75, 3.05) is 19.8 Å². The molecule has 0 aliphatic heterocycles. The lowest BCUT2D eigenvalue weighted by Crippen LogP contribution is -2.41. The second-order valence-electron chi connectivity index (χ2n) is 5.40. The first kappa shape index (κ1) is 15.3. The van der Waals surface area contributed by atoms with Crippen LogP contribution in [0.1, 0.15) is 29.9 Å². The van der Waals surface area contributed by atoms with Gasteiger partial charge in [0.2, 0.25) is 0 Å². The van der Waals surface area contributed by atoms with Gasteiger partial charge in [0.15, 0.2) is 0 Å². The van der Waals surface area contributed by atoms with Crippen molar-refractivity contribution in [3.8, 4) is 0 Å². The van der Waals surface area contributed by atoms with Crippen LogP contribution >= 0.6 is 0 Å². The van der Waals surface area contributed by atoms with Crippen LogP contribution in [-0.4, -0.2) is 32.0 Å². The van der Waals surface area contributed by atoms with Crippen LogP contribution in [0, 0.1) is 6.92 Å². The maximum atomic E-state index is 11.8. The van der Waals surface area contributed by atoms with E-state index in [1.165, 1.54) is 11.1 Å². The summed E-state index contributed by atoms with van der Waals surface area (Å²) in [6, 6.07) is 8.93. The van der Waals surface area contributed by atoms with Gasteiger partial charge < -0.3 is 10.1 Å². The van der Waals surface area contributed by atoms with E-state index in [1.54, 1.807) is 0 Å². The molecule has 0 amide bonds. The highest BCUT2D eigenvalue weighted by Crippen LogP contribution is 2.36. The molecule has 1 fully saturated rings. The van der Waals surface area contributed by atoms with E-state index in [0.717, 1.165) is 12.8 Å². The molecule has 1 saturated carbocycles. The van der Waals surface area contributed by atoms with Crippen LogP contribution in [0.2, 0.25) is 0 Å². The van der Waals surface area contributed by atoms with E-state index in [-0.39, 0.29) is 6.61 Å². The largest absolute Gasteiger partial charge is 0.411 e. The number of benzene rings is 1. The predicted molar refractivity (Wildman–Crippen MR) is 71.8 cm³/mol. The van der Waals surface area contributed by atoms with E-state index in [0.29, 0.717) is 18.5 Å². The summed E-state index contributed by atoms with van der Waals surface area (Å²) in [7, 11) is 0. The molecule has 2 rings (SSSR count). The molecule has 0 atom stereocenters. The van der Waals surface area contributed by atoms with E-state index in [1.807, 2.05) is 0 Å². The summed E-state index contributed by atoms with van der Waals surface area (Å²) in [5.41, 5.74) is 2.60. The standard InChI is InChI=1S/C15H20F3NO/c1-11-2-4-12(5-3-11)13-8-14(9-13)19-6-7-20-10-15(16,17)18/h2-5,13-14,19H,6-10H2,1H3. The summed E-state index contributed by atoms with van der Waals surface area (Å²) in [4.78, 5) is 0. The molecule has 0 unspecified atom stereocenters. The molecule has 0 bridgehead atoms. The summed E-state index contributed by atoms with van der Waals surface area (Å²) in [5, 5.41) is 3.22. The second-order valence-corrected chi connectivity index (χ2v) is 5.40. The minimum absolute atomic E-state index is 0.102. The van der Waals surface area contributed by atoms with E-state index in [9.17, 15) is 13.2 Å². The first-order valence-corrected chi connectivity index (χ1v) is 6.88. The topological polar surface area (TPSA) is 21.3 Å². The van der Waals surface area contributed by atoms with E-state index in [4.69, 9.17) is 0 Å². The van der Waals surface area contributed by atoms with Gasteiger partial charge in [0.05, 0.1) is 6.61 Å². The Morgan fingerprint density at radius 1 is 1.20 bits per heavy atom. The quantitative estimate of drug-likeness (QED) is 0.810. The van der Waals surface area contributed by atoms with Crippen LogP contribution < -0.4 is 5.32 Å². The number of alkyl halides is 3. The third kappa shape index (κ3) is 4.80. The Bertz CT molecular complexity index is 410. The van der Waals surface area contributed by atoms with Gasteiger partial charge in [-0.1, -0.05) is 29.8 Å². The van der Waals surface area contributed by atoms with E-state index < -0.39 is 12.8 Å². The summed E-state index contributed by atoms with van der Waals surface area (Å²) in [6.45, 7) is 1.48. The van der Waals surface area contributed by atoms with Gasteiger partial charge in [0.1, 0.15) is 6.61 Å². The fraction of sp³-hybridized carbons (Fsp3) is 0.600. The maximum Gasteiger partial charge on any atom is 0.411 e. The van der Waals surface area contributed by atoms with E-state index >= 15 is 0 Å². The van der Waals surface area contributed by atoms with Crippen LogP contribution in [0.5, 0.6) is 0 Å². The van der Waals surface area contributed by atoms with Crippen molar-refractivity contribution in [3.05, 3.63) is 35.4 Å². The molecule has 112 valence electrons. The summed E-state index contributed by atoms with van der Waals surface area (Å²) in [5.74, 6) is 0.573. The SMILES string of the molecule is Cc1ccc(C2CC(NCCOCC(F)(F)F)C2)cc1. The van der Waals surface area contributed by atoms with Gasteiger partial charge in [-0.3, -0.25) is 0 Å². The van der Waals surface area contributed by atoms with Gasteiger partial charge in [-0.15, -0.1) is 0 Å². The van der Waals surface area contributed by atoms with E-state index in [2.05, 4.69) is 41.2 Å². The number of nitrogens with one attached hydrogen (secondary N) is 1. The van der Waals surface area contributed by atoms with Crippen molar-refractivity contribution in [3.63, 3.8) is 0 Å². The van der Waals surface area contributed by atoms with Crippen LogP contribution in [0.3, 0.4) is 0 Å². The minimum atomic E-state index is -4.23. The Balaban J connectivity index is 1.57. The molecule has 0 aromatic heterocycles. The molecule has 0 radical (unpaired) electrons. The molecule has 0 saturated heterocycles. The summed E-state index contributed by atoms with van der Waals surface area (Å²) in [6.07, 6.45) is -2.14. The lowest BCUT2D eigenvalue weighted by molar-refractivity contribution is -0.173. The average molecular weight is 287 g/mol. The highest BCUT2D eigenvalue weighted by molar-refractivity contribution is 5.26. The van der Waals surface area contributed by atoms with Gasteiger partial charge in [0, 0.05) is 12.6 Å². The molecular weight excluding hydrogens is 267 g/mol. The first-order valence-electron chi connectivity index (χ1n) is 6.88. The molecule has 1 N–H and O–H groups in total. The van der Waals surface area contributed by atoms with Crippen molar-refractivity contribution in [2.45, 2.75) is 37.9 Å². The summed E-state index contributed by atoms with van der Waals surface area (Å²) < 4.78 is 40.1. The predicted octanol–water partition coefficient (Wildman–Crippen LogP) is 3.41. The Kier molecular flexibility index (Phi) is 5.05. The molecule has 0 spiro atoms. The first-order chi connectivity index (χ1) is 9.44. The molecule has 1 aliphatic carbocycles. The van der Waals surface area contributed by atoms with Crippen molar-refractivity contribution >= 4 is 0 Å². The molecule has 2 nitrogen and oxygen atoms in total. The monoisotopic (exact) mass is 287 g/mol. The average Bonchev–Trinajstić information content (AvgIpc) is 2.31. The fourth-order valence-electron chi connectivity index (χ4n) is 2.42. The zero-order valence-corrected chi connectivity index (χ0v) is 11.5. The molecule has 1 aromatic rings. The van der Waals surface area contributed by atoms with Crippen LogP contribution in [0.25, 0.3) is 0 Å². The van der Waals surface area contributed by atoms with Crippen LogP contribution in [0.15, 0.2) is 24.3 Å². The Hall–Kier alpha value is -1.07. The van der Waals surface area contributed by atoms with Crippen LogP contribution in [0.4, 0.5) is 13.2 Å². The third-order valence-electron chi connectivity index (χ3n) is 3.63. The zero-order valence-electron chi connectivity index (χ0n) is 11.5. The van der Waals surface area contributed by atoms with Gasteiger partial charge in [-0.05, 0) is 31.2 Å². The number of aryl methyl sites for hydroxylation is 1. The lowest BCUT2D eigenvalue weighted by Gasteiger charge is -2.36. The fourth-order valence-corrected chi connectivity index (χ4v) is 2.42. The lowest BCUT2D eigenvalue weighted by atomic mass is 9.76. The number of ether oxygens (including phenoxy) is 1. The van der Waals surface area contributed by atoms with Gasteiger partial charge in [0.25, 0.3) is 0 Å². The van der Waals surface area contributed by atoms with Crippen LogP contribution in [-0.2, 0) is 4.74 Å². The molecule has 1 aromatic carbocycles. The van der Waals surface area contributed by atoms with Crippen molar-refractivity contribution < 1.29 is 17.9 Å². The minimum Gasteiger partial charge on any atom is -0.371 e. The van der Waals surface area contributed by atoms with Gasteiger partial charge in [-0.25, -0.2) is 0 Å².